The second-order valence-electron chi connectivity index (χ2n) is 8.05. The summed E-state index contributed by atoms with van der Waals surface area (Å²) in [5.41, 5.74) is -0.807. The number of hydrogen-bond acceptors (Lipinski definition) is 3. The first-order valence-electron chi connectivity index (χ1n) is 8.71. The fourth-order valence-corrected chi connectivity index (χ4v) is 3.99. The molecule has 0 aromatic heterocycles. The van der Waals surface area contributed by atoms with Crippen LogP contribution in [-0.2, 0) is 4.79 Å². The maximum Gasteiger partial charge on any atom is 0.317 e. The van der Waals surface area contributed by atoms with Gasteiger partial charge in [0.05, 0.1) is 5.41 Å². The third-order valence-electron chi connectivity index (χ3n) is 5.12. The van der Waals surface area contributed by atoms with E-state index in [1.165, 1.54) is 6.42 Å². The number of hydrogen-bond donors (Lipinski definition) is 2. The van der Waals surface area contributed by atoms with E-state index in [9.17, 15) is 14.7 Å². The highest BCUT2D eigenvalue weighted by Crippen LogP contribution is 2.30. The molecule has 2 heterocycles. The van der Waals surface area contributed by atoms with Crippen molar-refractivity contribution < 1.29 is 14.7 Å². The number of nitrogens with one attached hydrogen (secondary N) is 1. The van der Waals surface area contributed by atoms with Crippen LogP contribution in [0.5, 0.6) is 0 Å². The maximum atomic E-state index is 12.3. The molecule has 2 aliphatic rings. The van der Waals surface area contributed by atoms with E-state index in [2.05, 4.69) is 24.1 Å². The third-order valence-corrected chi connectivity index (χ3v) is 5.12. The SMILES string of the molecule is CC1CC(C)CN(CC(C)NC(=O)N2CCC(C)(C(=O)O)C2)C1. The van der Waals surface area contributed by atoms with Crippen LogP contribution in [-0.4, -0.2) is 65.7 Å². The van der Waals surface area contributed by atoms with Crippen LogP contribution in [0.25, 0.3) is 0 Å². The summed E-state index contributed by atoms with van der Waals surface area (Å²) >= 11 is 0. The fourth-order valence-electron chi connectivity index (χ4n) is 3.99. The van der Waals surface area contributed by atoms with Gasteiger partial charge in [0.2, 0.25) is 0 Å². The number of aliphatic carboxylic acids is 1. The topological polar surface area (TPSA) is 72.9 Å². The van der Waals surface area contributed by atoms with Crippen LogP contribution in [0, 0.1) is 17.3 Å². The standard InChI is InChI=1S/C17H31N3O3/c1-12-7-13(2)9-19(8-12)10-14(3)18-16(23)20-6-5-17(4,11-20)15(21)22/h12-14H,5-11H2,1-4H3,(H,18,23)(H,21,22). The summed E-state index contributed by atoms with van der Waals surface area (Å²) < 4.78 is 0. The Bertz CT molecular complexity index is 446. The van der Waals surface area contributed by atoms with E-state index in [-0.39, 0.29) is 12.1 Å². The lowest BCUT2D eigenvalue weighted by atomic mass is 9.90. The van der Waals surface area contributed by atoms with Crippen molar-refractivity contribution in [3.63, 3.8) is 0 Å². The Morgan fingerprint density at radius 2 is 1.91 bits per heavy atom. The number of piperidine rings is 1. The van der Waals surface area contributed by atoms with Crippen molar-refractivity contribution in [1.29, 1.82) is 0 Å². The molecule has 0 aliphatic carbocycles. The second-order valence-corrected chi connectivity index (χ2v) is 8.05. The molecule has 0 aromatic rings. The van der Waals surface area contributed by atoms with Gasteiger partial charge in [0, 0.05) is 38.8 Å². The van der Waals surface area contributed by atoms with E-state index in [0.717, 1.165) is 19.6 Å². The van der Waals surface area contributed by atoms with Gasteiger partial charge in [-0.05, 0) is 38.5 Å². The van der Waals surface area contributed by atoms with Gasteiger partial charge in [-0.15, -0.1) is 0 Å². The highest BCUT2D eigenvalue weighted by atomic mass is 16.4. The van der Waals surface area contributed by atoms with Gasteiger partial charge in [-0.2, -0.15) is 0 Å². The van der Waals surface area contributed by atoms with Crippen LogP contribution >= 0.6 is 0 Å². The van der Waals surface area contributed by atoms with Crippen LogP contribution in [0.4, 0.5) is 4.79 Å². The summed E-state index contributed by atoms with van der Waals surface area (Å²) in [6.45, 7) is 12.1. The van der Waals surface area contributed by atoms with Gasteiger partial charge in [0.25, 0.3) is 0 Å². The number of carbonyl (C=O) groups excluding carboxylic acids is 1. The van der Waals surface area contributed by atoms with E-state index in [4.69, 9.17) is 0 Å². The molecule has 2 fully saturated rings. The molecule has 0 aromatic carbocycles. The minimum atomic E-state index is -0.822. The predicted octanol–water partition coefficient (Wildman–Crippen LogP) is 1.86. The zero-order chi connectivity index (χ0) is 17.2. The lowest BCUT2D eigenvalue weighted by molar-refractivity contribution is -0.146. The number of urea groups is 1. The summed E-state index contributed by atoms with van der Waals surface area (Å²) in [7, 11) is 0. The smallest absolute Gasteiger partial charge is 0.317 e. The van der Waals surface area contributed by atoms with Crippen LogP contribution in [0.1, 0.15) is 40.5 Å². The number of carboxylic acid groups (broad SMARTS) is 1. The second kappa shape index (κ2) is 7.07. The Labute approximate surface area is 139 Å². The number of carbonyl (C=O) groups is 2. The highest BCUT2D eigenvalue weighted by Gasteiger charge is 2.42. The predicted molar refractivity (Wildman–Crippen MR) is 89.3 cm³/mol. The molecule has 6 heteroatoms. The first-order chi connectivity index (χ1) is 10.7. The number of carboxylic acids is 1. The zero-order valence-corrected chi connectivity index (χ0v) is 14.8. The summed E-state index contributed by atoms with van der Waals surface area (Å²) in [5.74, 6) is 0.588. The first-order valence-corrected chi connectivity index (χ1v) is 8.71. The van der Waals surface area contributed by atoms with Crippen LogP contribution in [0.15, 0.2) is 0 Å². The van der Waals surface area contributed by atoms with Crippen LogP contribution < -0.4 is 5.32 Å². The monoisotopic (exact) mass is 325 g/mol. The van der Waals surface area contributed by atoms with Crippen molar-refractivity contribution in [1.82, 2.24) is 15.1 Å². The van der Waals surface area contributed by atoms with Gasteiger partial charge < -0.3 is 20.2 Å². The molecule has 0 radical (unpaired) electrons. The Hall–Kier alpha value is -1.30. The summed E-state index contributed by atoms with van der Waals surface area (Å²) in [5, 5.41) is 12.3. The molecule has 2 aliphatic heterocycles. The molecule has 23 heavy (non-hydrogen) atoms. The zero-order valence-electron chi connectivity index (χ0n) is 14.8. The molecular weight excluding hydrogens is 294 g/mol. The van der Waals surface area contributed by atoms with E-state index in [1.807, 2.05) is 6.92 Å². The Morgan fingerprint density at radius 1 is 1.30 bits per heavy atom. The van der Waals surface area contributed by atoms with Crippen molar-refractivity contribution >= 4 is 12.0 Å². The van der Waals surface area contributed by atoms with Crippen molar-refractivity contribution in [2.24, 2.45) is 17.3 Å². The minimum Gasteiger partial charge on any atom is -0.481 e. The molecule has 0 spiro atoms. The Balaban J connectivity index is 1.80. The van der Waals surface area contributed by atoms with Crippen LogP contribution in [0.2, 0.25) is 0 Å². The van der Waals surface area contributed by atoms with Gasteiger partial charge in [-0.3, -0.25) is 4.79 Å². The maximum absolute atomic E-state index is 12.3. The number of likely N-dealkylation sites (tertiary alicyclic amines) is 2. The Kier molecular flexibility index (Phi) is 5.55. The van der Waals surface area contributed by atoms with Gasteiger partial charge >= 0.3 is 12.0 Å². The van der Waals surface area contributed by atoms with Crippen molar-refractivity contribution in [2.45, 2.75) is 46.6 Å². The van der Waals surface area contributed by atoms with Gasteiger partial charge in [0.1, 0.15) is 0 Å². The van der Waals surface area contributed by atoms with Gasteiger partial charge in [-0.1, -0.05) is 13.8 Å². The van der Waals surface area contributed by atoms with Gasteiger partial charge in [-0.25, -0.2) is 4.79 Å². The lowest BCUT2D eigenvalue weighted by Crippen LogP contribution is -2.50. The number of amides is 2. The quantitative estimate of drug-likeness (QED) is 0.827. The van der Waals surface area contributed by atoms with E-state index < -0.39 is 11.4 Å². The van der Waals surface area contributed by atoms with E-state index in [0.29, 0.717) is 31.3 Å². The van der Waals surface area contributed by atoms with E-state index in [1.54, 1.807) is 11.8 Å². The molecule has 2 rings (SSSR count). The van der Waals surface area contributed by atoms with Crippen molar-refractivity contribution in [3.05, 3.63) is 0 Å². The molecular formula is C17H31N3O3. The molecule has 2 amide bonds. The van der Waals surface area contributed by atoms with Gasteiger partial charge in [0.15, 0.2) is 0 Å². The van der Waals surface area contributed by atoms with Crippen LogP contribution in [0.3, 0.4) is 0 Å². The molecule has 2 N–H and O–H groups in total. The van der Waals surface area contributed by atoms with Crippen molar-refractivity contribution in [2.75, 3.05) is 32.7 Å². The molecule has 0 bridgehead atoms. The summed E-state index contributed by atoms with van der Waals surface area (Å²) in [4.78, 5) is 27.7. The first kappa shape index (κ1) is 18.0. The number of rotatable bonds is 4. The third kappa shape index (κ3) is 4.59. The molecule has 0 saturated carbocycles. The molecule has 2 saturated heterocycles. The molecule has 132 valence electrons. The summed E-state index contributed by atoms with van der Waals surface area (Å²) in [6.07, 6.45) is 1.80. The molecule has 4 atom stereocenters. The molecule has 6 nitrogen and oxygen atoms in total. The Morgan fingerprint density at radius 3 is 2.43 bits per heavy atom. The lowest BCUT2D eigenvalue weighted by Gasteiger charge is -2.36. The molecule has 4 unspecified atom stereocenters. The summed E-state index contributed by atoms with van der Waals surface area (Å²) in [6, 6.07) is -0.0720. The van der Waals surface area contributed by atoms with Crippen molar-refractivity contribution in [3.8, 4) is 0 Å². The average Bonchev–Trinajstić information content (AvgIpc) is 2.81. The fraction of sp³-hybridized carbons (Fsp3) is 0.882. The largest absolute Gasteiger partial charge is 0.481 e. The minimum absolute atomic E-state index is 0.0664. The highest BCUT2D eigenvalue weighted by molar-refractivity contribution is 5.79. The normalized spacial score (nSPS) is 33.5. The average molecular weight is 325 g/mol. The van der Waals surface area contributed by atoms with E-state index >= 15 is 0 Å². The number of nitrogens with zero attached hydrogens (tertiary/aromatic N) is 2.